The van der Waals surface area contributed by atoms with Crippen molar-refractivity contribution < 1.29 is 19.2 Å². The molecule has 0 radical (unpaired) electrons. The van der Waals surface area contributed by atoms with Gasteiger partial charge in [-0.05, 0) is 35.1 Å². The van der Waals surface area contributed by atoms with Gasteiger partial charge in [0.05, 0.1) is 0 Å². The van der Waals surface area contributed by atoms with Gasteiger partial charge in [-0.1, -0.05) is 12.1 Å². The molecule has 0 aliphatic carbocycles. The summed E-state index contributed by atoms with van der Waals surface area (Å²) in [6.07, 6.45) is 5.54. The van der Waals surface area contributed by atoms with Crippen LogP contribution in [0.3, 0.4) is 0 Å². The maximum atomic E-state index is 11.8. The third-order valence-electron chi connectivity index (χ3n) is 4.47. The van der Waals surface area contributed by atoms with Crippen LogP contribution in [0.25, 0.3) is 6.08 Å². The largest absolute Gasteiger partial charge is 0.458 e. The summed E-state index contributed by atoms with van der Waals surface area (Å²) in [5.74, 6) is -0.0741. The molecule has 0 saturated carbocycles. The lowest BCUT2D eigenvalue weighted by Gasteiger charge is -2.15. The summed E-state index contributed by atoms with van der Waals surface area (Å²) < 4.78 is 6.48. The Morgan fingerprint density at radius 3 is 2.75 bits per heavy atom. The van der Waals surface area contributed by atoms with Gasteiger partial charge in [0.15, 0.2) is 5.82 Å². The number of esters is 1. The Labute approximate surface area is 161 Å². The molecule has 1 amide bonds. The second-order valence-electron chi connectivity index (χ2n) is 6.31. The van der Waals surface area contributed by atoms with Crippen molar-refractivity contribution in [2.45, 2.75) is 26.3 Å². The molecule has 0 N–H and O–H groups in total. The third kappa shape index (κ3) is 4.43. The molecule has 1 aromatic carbocycles. The predicted octanol–water partition coefficient (Wildman–Crippen LogP) is 2.48. The van der Waals surface area contributed by atoms with Gasteiger partial charge in [-0.2, -0.15) is 0 Å². The molecule has 1 fully saturated rings. The van der Waals surface area contributed by atoms with Crippen LogP contribution in [-0.4, -0.2) is 39.5 Å². The van der Waals surface area contributed by atoms with Crippen molar-refractivity contribution in [3.05, 3.63) is 58.0 Å². The Morgan fingerprint density at radius 2 is 2.11 bits per heavy atom. The van der Waals surface area contributed by atoms with E-state index in [1.165, 1.54) is 16.8 Å². The molecule has 0 atom stereocenters. The number of nitro groups is 1. The van der Waals surface area contributed by atoms with Gasteiger partial charge >= 0.3 is 11.8 Å². The van der Waals surface area contributed by atoms with E-state index in [9.17, 15) is 19.7 Å². The molecule has 0 bridgehead atoms. The maximum Gasteiger partial charge on any atom is 0.342 e. The number of ether oxygens (including phenoxy) is 1. The van der Waals surface area contributed by atoms with E-state index in [-0.39, 0.29) is 24.9 Å². The predicted molar refractivity (Wildman–Crippen MR) is 102 cm³/mol. The minimum Gasteiger partial charge on any atom is -0.458 e. The second-order valence-corrected chi connectivity index (χ2v) is 6.31. The van der Waals surface area contributed by atoms with Crippen LogP contribution >= 0.6 is 0 Å². The van der Waals surface area contributed by atoms with E-state index in [0.29, 0.717) is 12.2 Å². The molecule has 0 unspecified atom stereocenters. The number of imidazole rings is 1. The van der Waals surface area contributed by atoms with Crippen molar-refractivity contribution in [3.8, 4) is 0 Å². The van der Waals surface area contributed by atoms with Crippen LogP contribution in [0.4, 0.5) is 11.5 Å². The fourth-order valence-corrected chi connectivity index (χ4v) is 3.01. The molecule has 0 spiro atoms. The monoisotopic (exact) mass is 384 g/mol. The summed E-state index contributed by atoms with van der Waals surface area (Å²) in [4.78, 5) is 39.6. The lowest BCUT2D eigenvalue weighted by molar-refractivity contribution is -0.392. The SMILES string of the molecule is Cc1ncc([N+](=O)[O-])n1CCOC(=O)/C=C/c1ccc(N2CCCC2=O)cc1. The molecule has 9 nitrogen and oxygen atoms in total. The highest BCUT2D eigenvalue weighted by molar-refractivity contribution is 5.95. The molecule has 1 aliphatic rings. The second kappa shape index (κ2) is 8.47. The van der Waals surface area contributed by atoms with Crippen LogP contribution in [0.15, 0.2) is 36.5 Å². The minimum absolute atomic E-state index is 0.00276. The normalized spacial score (nSPS) is 14.0. The van der Waals surface area contributed by atoms with Crippen molar-refractivity contribution in [1.82, 2.24) is 9.55 Å². The van der Waals surface area contributed by atoms with E-state index in [2.05, 4.69) is 4.98 Å². The van der Waals surface area contributed by atoms with E-state index in [1.54, 1.807) is 17.9 Å². The van der Waals surface area contributed by atoms with Crippen LogP contribution < -0.4 is 4.90 Å². The highest BCUT2D eigenvalue weighted by atomic mass is 16.6. The van der Waals surface area contributed by atoms with Gasteiger partial charge in [-0.3, -0.25) is 4.79 Å². The quantitative estimate of drug-likeness (QED) is 0.314. The summed E-state index contributed by atoms with van der Waals surface area (Å²) in [5, 5.41) is 10.9. The minimum atomic E-state index is -0.542. The van der Waals surface area contributed by atoms with Crippen molar-refractivity contribution in [1.29, 1.82) is 0 Å². The lowest BCUT2D eigenvalue weighted by atomic mass is 10.2. The summed E-state index contributed by atoms with van der Waals surface area (Å²) in [6, 6.07) is 7.33. The number of benzene rings is 1. The first-order valence-electron chi connectivity index (χ1n) is 8.87. The number of carbonyl (C=O) groups excluding carboxylic acids is 2. The molecule has 1 aromatic heterocycles. The van der Waals surface area contributed by atoms with Gasteiger partial charge in [0.2, 0.25) is 5.91 Å². The molecule has 3 rings (SSSR count). The average molecular weight is 384 g/mol. The van der Waals surface area contributed by atoms with Gasteiger partial charge < -0.3 is 19.8 Å². The zero-order chi connectivity index (χ0) is 20.1. The maximum absolute atomic E-state index is 11.8. The summed E-state index contributed by atoms with van der Waals surface area (Å²) in [6.45, 7) is 2.53. The highest BCUT2D eigenvalue weighted by Gasteiger charge is 2.21. The fourth-order valence-electron chi connectivity index (χ4n) is 3.01. The zero-order valence-corrected chi connectivity index (χ0v) is 15.4. The van der Waals surface area contributed by atoms with Crippen molar-refractivity contribution in [2.24, 2.45) is 0 Å². The molecular formula is C19H20N4O5. The van der Waals surface area contributed by atoms with Crippen molar-refractivity contribution in [3.63, 3.8) is 0 Å². The van der Waals surface area contributed by atoms with Crippen LogP contribution in [0.5, 0.6) is 0 Å². The number of hydrogen-bond acceptors (Lipinski definition) is 6. The van der Waals surface area contributed by atoms with Crippen LogP contribution in [0.1, 0.15) is 24.2 Å². The van der Waals surface area contributed by atoms with Gasteiger partial charge in [0.25, 0.3) is 0 Å². The number of anilines is 1. The number of nitrogens with zero attached hydrogens (tertiary/aromatic N) is 4. The average Bonchev–Trinajstić information content (AvgIpc) is 3.26. The van der Waals surface area contributed by atoms with Gasteiger partial charge in [-0.25, -0.2) is 14.3 Å². The Hall–Kier alpha value is -3.49. The van der Waals surface area contributed by atoms with Crippen LogP contribution in [-0.2, 0) is 20.9 Å². The van der Waals surface area contributed by atoms with E-state index in [4.69, 9.17) is 4.74 Å². The number of aryl methyl sites for hydroxylation is 1. The highest BCUT2D eigenvalue weighted by Crippen LogP contribution is 2.22. The topological polar surface area (TPSA) is 108 Å². The Kier molecular flexibility index (Phi) is 5.83. The number of aromatic nitrogens is 2. The van der Waals surface area contributed by atoms with E-state index in [0.717, 1.165) is 24.2 Å². The Balaban J connectivity index is 1.51. The third-order valence-corrected chi connectivity index (χ3v) is 4.47. The first-order chi connectivity index (χ1) is 13.5. The van der Waals surface area contributed by atoms with Gasteiger partial charge in [0, 0.05) is 31.7 Å². The van der Waals surface area contributed by atoms with Crippen LogP contribution in [0.2, 0.25) is 0 Å². The van der Waals surface area contributed by atoms with Crippen molar-refractivity contribution >= 4 is 29.5 Å². The zero-order valence-electron chi connectivity index (χ0n) is 15.4. The smallest absolute Gasteiger partial charge is 0.342 e. The first kappa shape index (κ1) is 19.3. The lowest BCUT2D eigenvalue weighted by Crippen LogP contribution is -2.23. The van der Waals surface area contributed by atoms with E-state index >= 15 is 0 Å². The molecular weight excluding hydrogens is 364 g/mol. The molecule has 2 aromatic rings. The molecule has 2 heterocycles. The summed E-state index contributed by atoms with van der Waals surface area (Å²) in [5.41, 5.74) is 1.65. The first-order valence-corrected chi connectivity index (χ1v) is 8.87. The van der Waals surface area contributed by atoms with E-state index < -0.39 is 10.9 Å². The summed E-state index contributed by atoms with van der Waals surface area (Å²) in [7, 11) is 0. The van der Waals surface area contributed by atoms with Gasteiger partial charge in [-0.15, -0.1) is 0 Å². The standard InChI is InChI=1S/C19H20N4O5/c1-14-20-13-17(23(26)27)21(14)11-12-28-19(25)9-6-15-4-7-16(8-5-15)22-10-2-3-18(22)24/h4-9,13H,2-3,10-12H2,1H3/b9-6+. The molecule has 1 aliphatic heterocycles. The number of hydrogen-bond donors (Lipinski definition) is 0. The molecule has 146 valence electrons. The number of rotatable bonds is 7. The molecule has 1 saturated heterocycles. The number of carbonyl (C=O) groups is 2. The Morgan fingerprint density at radius 1 is 1.36 bits per heavy atom. The number of amides is 1. The van der Waals surface area contributed by atoms with Gasteiger partial charge in [0.1, 0.15) is 19.3 Å². The molecule has 28 heavy (non-hydrogen) atoms. The Bertz CT molecular complexity index is 917. The van der Waals surface area contributed by atoms with E-state index in [1.807, 2.05) is 24.3 Å². The fraction of sp³-hybridized carbons (Fsp3) is 0.316. The molecule has 9 heteroatoms. The van der Waals surface area contributed by atoms with Crippen LogP contribution in [0, 0.1) is 17.0 Å². The summed E-state index contributed by atoms with van der Waals surface area (Å²) >= 11 is 0. The van der Waals surface area contributed by atoms with Crippen molar-refractivity contribution in [2.75, 3.05) is 18.1 Å².